The summed E-state index contributed by atoms with van der Waals surface area (Å²) in [5.74, 6) is -1.86. The Morgan fingerprint density at radius 3 is 2.23 bits per heavy atom. The molecule has 13 heteroatoms. The van der Waals surface area contributed by atoms with Crippen molar-refractivity contribution in [2.45, 2.75) is 32.9 Å². The Kier molecular flexibility index (Phi) is 7.99. The molecule has 3 rings (SSSR count). The molecule has 0 aliphatic carbocycles. The topological polar surface area (TPSA) is 113 Å². The third kappa shape index (κ3) is 6.25. The zero-order valence-corrected chi connectivity index (χ0v) is 17.6. The molecule has 1 saturated heterocycles. The maximum Gasteiger partial charge on any atom is 0.490 e. The molecular formula is C17H25F3N4O5S. The van der Waals surface area contributed by atoms with E-state index in [0.29, 0.717) is 39.1 Å². The van der Waals surface area contributed by atoms with Crippen molar-refractivity contribution in [1.29, 1.82) is 0 Å². The number of aryl methyl sites for hydroxylation is 1. The molecule has 2 aliphatic heterocycles. The number of aromatic nitrogens is 2. The van der Waals surface area contributed by atoms with Crippen LogP contribution in [0, 0.1) is 6.92 Å². The number of nitrogens with zero attached hydrogens (tertiary/aromatic N) is 4. The average Bonchev–Trinajstić information content (AvgIpc) is 2.92. The zero-order valence-electron chi connectivity index (χ0n) is 16.8. The molecule has 9 nitrogen and oxygen atoms in total. The number of hydrogen-bond donors (Lipinski definition) is 1. The van der Waals surface area contributed by atoms with E-state index < -0.39 is 22.2 Å². The second-order valence-corrected chi connectivity index (χ2v) is 8.99. The number of aliphatic carboxylic acids is 1. The summed E-state index contributed by atoms with van der Waals surface area (Å²) in [5.41, 5.74) is 3.07. The van der Waals surface area contributed by atoms with Crippen molar-refractivity contribution < 1.29 is 36.2 Å². The zero-order chi connectivity index (χ0) is 22.5. The lowest BCUT2D eigenvalue weighted by Gasteiger charge is -2.27. The van der Waals surface area contributed by atoms with Crippen LogP contribution in [-0.4, -0.2) is 85.1 Å². The van der Waals surface area contributed by atoms with Gasteiger partial charge in [0.15, 0.2) is 0 Å². The van der Waals surface area contributed by atoms with Crippen LogP contribution in [0.4, 0.5) is 19.1 Å². The van der Waals surface area contributed by atoms with Gasteiger partial charge in [-0.25, -0.2) is 27.5 Å². The summed E-state index contributed by atoms with van der Waals surface area (Å²) in [6, 6.07) is 0. The maximum atomic E-state index is 12.1. The molecule has 1 aromatic rings. The van der Waals surface area contributed by atoms with E-state index >= 15 is 0 Å². The minimum Gasteiger partial charge on any atom is -0.475 e. The van der Waals surface area contributed by atoms with Crippen LogP contribution in [-0.2, 0) is 32.4 Å². The van der Waals surface area contributed by atoms with E-state index in [-0.39, 0.29) is 5.75 Å². The molecule has 1 fully saturated rings. The van der Waals surface area contributed by atoms with Gasteiger partial charge in [0.05, 0.1) is 24.7 Å². The highest BCUT2D eigenvalue weighted by atomic mass is 32.2. The van der Waals surface area contributed by atoms with Crippen LogP contribution in [0.25, 0.3) is 0 Å². The van der Waals surface area contributed by atoms with Crippen LogP contribution in [0.1, 0.15) is 23.9 Å². The standard InChI is InChI=1S/C15H24N4O3S.C2HF3O2/c1-3-23(20,21)19-6-4-13-12(2)16-15(17-14(13)5-7-19)18-8-10-22-11-9-18;3-2(4,5)1(6)7/h3-11H2,1-2H3;(H,6,7). The highest BCUT2D eigenvalue weighted by molar-refractivity contribution is 7.89. The Bertz CT molecular complexity index is 858. The van der Waals surface area contributed by atoms with E-state index in [1.54, 1.807) is 11.2 Å². The summed E-state index contributed by atoms with van der Waals surface area (Å²) in [7, 11) is -3.15. The van der Waals surface area contributed by atoms with Crippen molar-refractivity contribution in [1.82, 2.24) is 14.3 Å². The summed E-state index contributed by atoms with van der Waals surface area (Å²) < 4.78 is 62.9. The van der Waals surface area contributed by atoms with Crippen LogP contribution >= 0.6 is 0 Å². The third-order valence-corrected chi connectivity index (χ3v) is 6.67. The molecule has 30 heavy (non-hydrogen) atoms. The van der Waals surface area contributed by atoms with E-state index in [1.807, 2.05) is 6.92 Å². The Morgan fingerprint density at radius 1 is 1.13 bits per heavy atom. The van der Waals surface area contributed by atoms with Gasteiger partial charge in [0.25, 0.3) is 0 Å². The molecule has 1 N–H and O–H groups in total. The number of halogens is 3. The summed E-state index contributed by atoms with van der Waals surface area (Å²) >= 11 is 0. The first-order valence-electron chi connectivity index (χ1n) is 9.42. The molecule has 170 valence electrons. The highest BCUT2D eigenvalue weighted by Crippen LogP contribution is 2.22. The molecule has 1 aromatic heterocycles. The van der Waals surface area contributed by atoms with Gasteiger partial charge in [0, 0.05) is 38.3 Å². The molecular weight excluding hydrogens is 429 g/mol. The number of sulfonamides is 1. The number of rotatable bonds is 3. The van der Waals surface area contributed by atoms with E-state index in [9.17, 15) is 21.6 Å². The minimum absolute atomic E-state index is 0.146. The van der Waals surface area contributed by atoms with Crippen molar-refractivity contribution in [3.63, 3.8) is 0 Å². The summed E-state index contributed by atoms with van der Waals surface area (Å²) in [4.78, 5) is 20.4. The van der Waals surface area contributed by atoms with Gasteiger partial charge >= 0.3 is 12.1 Å². The lowest BCUT2D eigenvalue weighted by atomic mass is 10.1. The predicted octanol–water partition coefficient (Wildman–Crippen LogP) is 1.01. The highest BCUT2D eigenvalue weighted by Gasteiger charge is 2.38. The Hall–Kier alpha value is -1.99. The number of ether oxygens (including phenoxy) is 1. The molecule has 0 atom stereocenters. The fraction of sp³-hybridized carbons (Fsp3) is 0.706. The number of alkyl halides is 3. The number of anilines is 1. The molecule has 2 aliphatic rings. The number of carboxylic acid groups (broad SMARTS) is 1. The van der Waals surface area contributed by atoms with Gasteiger partial charge in [0.1, 0.15) is 0 Å². The van der Waals surface area contributed by atoms with Crippen molar-refractivity contribution in [3.8, 4) is 0 Å². The smallest absolute Gasteiger partial charge is 0.475 e. The number of carboxylic acids is 1. The molecule has 0 unspecified atom stereocenters. The quantitative estimate of drug-likeness (QED) is 0.720. The molecule has 3 heterocycles. The van der Waals surface area contributed by atoms with Crippen LogP contribution < -0.4 is 4.90 Å². The Labute approximate surface area is 172 Å². The summed E-state index contributed by atoms with van der Waals surface area (Å²) in [6.07, 6.45) is -3.75. The fourth-order valence-corrected chi connectivity index (χ4v) is 4.22. The maximum absolute atomic E-state index is 12.1. The van der Waals surface area contributed by atoms with E-state index in [1.165, 1.54) is 0 Å². The van der Waals surface area contributed by atoms with Crippen LogP contribution in [0.15, 0.2) is 0 Å². The first kappa shape index (κ1) is 24.3. The minimum atomic E-state index is -5.08. The fourth-order valence-electron chi connectivity index (χ4n) is 3.12. The molecule has 0 saturated carbocycles. The van der Waals surface area contributed by atoms with Crippen LogP contribution in [0.5, 0.6) is 0 Å². The average molecular weight is 454 g/mol. The Balaban J connectivity index is 0.000000396. The normalized spacial score (nSPS) is 18.1. The summed E-state index contributed by atoms with van der Waals surface area (Å²) in [5, 5.41) is 7.12. The molecule has 0 aromatic carbocycles. The predicted molar refractivity (Wildman–Crippen MR) is 102 cm³/mol. The van der Waals surface area contributed by atoms with Gasteiger partial charge in [-0.15, -0.1) is 0 Å². The SMILES string of the molecule is CCS(=O)(=O)N1CCc2nc(N3CCOCC3)nc(C)c2CC1.O=C(O)C(F)(F)F. The van der Waals surface area contributed by atoms with Crippen molar-refractivity contribution in [2.75, 3.05) is 50.0 Å². The number of hydrogen-bond acceptors (Lipinski definition) is 7. The lowest BCUT2D eigenvalue weighted by molar-refractivity contribution is -0.192. The van der Waals surface area contributed by atoms with E-state index in [0.717, 1.165) is 36.0 Å². The summed E-state index contributed by atoms with van der Waals surface area (Å²) in [6.45, 7) is 7.70. The molecule has 0 bridgehead atoms. The monoisotopic (exact) mass is 454 g/mol. The van der Waals surface area contributed by atoms with Crippen LogP contribution in [0.2, 0.25) is 0 Å². The van der Waals surface area contributed by atoms with Crippen molar-refractivity contribution >= 4 is 21.9 Å². The largest absolute Gasteiger partial charge is 0.490 e. The van der Waals surface area contributed by atoms with Gasteiger partial charge < -0.3 is 14.7 Å². The molecule has 0 radical (unpaired) electrons. The van der Waals surface area contributed by atoms with Gasteiger partial charge in [-0.3, -0.25) is 0 Å². The second kappa shape index (κ2) is 9.88. The van der Waals surface area contributed by atoms with Gasteiger partial charge in [-0.1, -0.05) is 0 Å². The first-order valence-corrected chi connectivity index (χ1v) is 11.0. The number of morpholine rings is 1. The number of fused-ring (bicyclic) bond motifs is 1. The molecule has 0 spiro atoms. The van der Waals surface area contributed by atoms with Gasteiger partial charge in [-0.2, -0.15) is 13.2 Å². The first-order chi connectivity index (χ1) is 14.0. The van der Waals surface area contributed by atoms with Gasteiger partial charge in [-0.05, 0) is 25.8 Å². The Morgan fingerprint density at radius 2 is 1.70 bits per heavy atom. The third-order valence-electron chi connectivity index (χ3n) is 4.79. The van der Waals surface area contributed by atoms with Crippen molar-refractivity contribution in [3.05, 3.63) is 17.0 Å². The number of carbonyl (C=O) groups is 1. The second-order valence-electron chi connectivity index (χ2n) is 6.74. The van der Waals surface area contributed by atoms with Crippen molar-refractivity contribution in [2.24, 2.45) is 0 Å². The van der Waals surface area contributed by atoms with Crippen LogP contribution in [0.3, 0.4) is 0 Å². The van der Waals surface area contributed by atoms with E-state index in [2.05, 4.69) is 9.88 Å². The molecule has 0 amide bonds. The van der Waals surface area contributed by atoms with E-state index in [4.69, 9.17) is 19.6 Å². The lowest BCUT2D eigenvalue weighted by Crippen LogP contribution is -2.37. The van der Waals surface area contributed by atoms with Gasteiger partial charge in [0.2, 0.25) is 16.0 Å².